The average molecular weight is 344 g/mol. The van der Waals surface area contributed by atoms with Crippen molar-refractivity contribution in [3.05, 3.63) is 29.8 Å². The monoisotopic (exact) mass is 344 g/mol. The van der Waals surface area contributed by atoms with Gasteiger partial charge >= 0.3 is 0 Å². The molecule has 2 aliphatic heterocycles. The molecular weight excluding hydrogens is 324 g/mol. The van der Waals surface area contributed by atoms with Crippen LogP contribution in [0.5, 0.6) is 0 Å². The second-order valence-electron chi connectivity index (χ2n) is 5.88. The number of fused-ring (bicyclic) bond motifs is 1. The van der Waals surface area contributed by atoms with Crippen LogP contribution >= 0.6 is 0 Å². The Kier molecular flexibility index (Phi) is 3.94. The van der Waals surface area contributed by atoms with E-state index in [1.807, 2.05) is 24.3 Å². The third kappa shape index (κ3) is 2.75. The van der Waals surface area contributed by atoms with Gasteiger partial charge in [-0.3, -0.25) is 4.31 Å². The fraction of sp³-hybridized carbons (Fsp3) is 0.571. The summed E-state index contributed by atoms with van der Waals surface area (Å²) in [6.45, 7) is 0.901. The summed E-state index contributed by atoms with van der Waals surface area (Å²) in [5.41, 5.74) is 1.76. The first kappa shape index (κ1) is 15.8. The van der Waals surface area contributed by atoms with Crippen LogP contribution in [0.15, 0.2) is 24.3 Å². The normalized spacial score (nSPS) is 23.5. The van der Waals surface area contributed by atoms with E-state index < -0.39 is 25.3 Å². The van der Waals surface area contributed by atoms with Crippen molar-refractivity contribution in [2.75, 3.05) is 30.2 Å². The number of hydrogen-bond acceptors (Lipinski definition) is 4. The maximum Gasteiger partial charge on any atom is 0.239 e. The van der Waals surface area contributed by atoms with Crippen molar-refractivity contribution in [3.8, 4) is 0 Å². The zero-order chi connectivity index (χ0) is 16.0. The summed E-state index contributed by atoms with van der Waals surface area (Å²) in [6, 6.07) is 7.49. The molecule has 0 unspecified atom stereocenters. The molecule has 2 aliphatic rings. The smallest absolute Gasteiger partial charge is 0.239 e. The Labute approximate surface area is 131 Å². The van der Waals surface area contributed by atoms with Crippen molar-refractivity contribution < 1.29 is 16.8 Å². The molecule has 0 amide bonds. The summed E-state index contributed by atoms with van der Waals surface area (Å²) in [4.78, 5) is 0. The van der Waals surface area contributed by atoms with E-state index in [1.54, 1.807) is 0 Å². The number of sulfonamides is 2. The van der Waals surface area contributed by atoms with Crippen LogP contribution in [0.1, 0.15) is 18.4 Å². The lowest BCUT2D eigenvalue weighted by atomic mass is 10.2. The van der Waals surface area contributed by atoms with Crippen LogP contribution in [-0.2, 0) is 26.5 Å². The molecule has 0 bridgehead atoms. The predicted molar refractivity (Wildman–Crippen MR) is 85.9 cm³/mol. The molecule has 0 aliphatic carbocycles. The fourth-order valence-corrected chi connectivity index (χ4v) is 6.20. The second kappa shape index (κ2) is 5.50. The lowest BCUT2D eigenvalue weighted by molar-refractivity contribution is 0.348. The molecule has 8 heteroatoms. The largest absolute Gasteiger partial charge is 0.269 e. The van der Waals surface area contributed by atoms with Crippen LogP contribution in [0, 0.1) is 0 Å². The highest BCUT2D eigenvalue weighted by Crippen LogP contribution is 2.33. The number of benzene rings is 1. The minimum Gasteiger partial charge on any atom is -0.269 e. The molecule has 2 heterocycles. The minimum atomic E-state index is -3.54. The van der Waals surface area contributed by atoms with Gasteiger partial charge in [-0.05, 0) is 30.9 Å². The van der Waals surface area contributed by atoms with Crippen molar-refractivity contribution in [2.45, 2.75) is 24.5 Å². The zero-order valence-electron chi connectivity index (χ0n) is 12.5. The van der Waals surface area contributed by atoms with Gasteiger partial charge in [-0.2, -0.15) is 0 Å². The number of rotatable bonds is 3. The first-order valence-corrected chi connectivity index (χ1v) is 10.7. The van der Waals surface area contributed by atoms with E-state index in [0.29, 0.717) is 32.4 Å². The van der Waals surface area contributed by atoms with Crippen molar-refractivity contribution in [3.63, 3.8) is 0 Å². The highest BCUT2D eigenvalue weighted by atomic mass is 32.2. The number of para-hydroxylation sites is 1. The van der Waals surface area contributed by atoms with Crippen molar-refractivity contribution in [1.82, 2.24) is 4.31 Å². The van der Waals surface area contributed by atoms with E-state index in [-0.39, 0.29) is 6.54 Å². The Morgan fingerprint density at radius 1 is 1.09 bits per heavy atom. The van der Waals surface area contributed by atoms with Crippen LogP contribution in [0.2, 0.25) is 0 Å². The summed E-state index contributed by atoms with van der Waals surface area (Å²) in [7, 11) is -6.89. The molecule has 0 spiro atoms. The molecule has 1 aromatic carbocycles. The summed E-state index contributed by atoms with van der Waals surface area (Å²) < 4.78 is 52.0. The van der Waals surface area contributed by atoms with E-state index >= 15 is 0 Å². The first-order valence-electron chi connectivity index (χ1n) is 7.35. The molecule has 0 radical (unpaired) electrons. The van der Waals surface area contributed by atoms with Crippen LogP contribution in [-0.4, -0.2) is 52.3 Å². The molecule has 0 saturated carbocycles. The summed E-state index contributed by atoms with van der Waals surface area (Å²) in [5.74, 6) is 0. The summed E-state index contributed by atoms with van der Waals surface area (Å²) >= 11 is 0. The van der Waals surface area contributed by atoms with Crippen LogP contribution in [0.4, 0.5) is 5.69 Å². The zero-order valence-corrected chi connectivity index (χ0v) is 14.1. The van der Waals surface area contributed by atoms with Crippen LogP contribution in [0.25, 0.3) is 0 Å². The number of piperidine rings is 1. The molecule has 3 rings (SSSR count). The van der Waals surface area contributed by atoms with Gasteiger partial charge in [-0.15, -0.1) is 0 Å². The van der Waals surface area contributed by atoms with Gasteiger partial charge in [-0.1, -0.05) is 18.2 Å². The Morgan fingerprint density at radius 2 is 1.82 bits per heavy atom. The van der Waals surface area contributed by atoms with Crippen molar-refractivity contribution >= 4 is 25.7 Å². The second-order valence-corrected chi connectivity index (χ2v) is 10.0. The van der Waals surface area contributed by atoms with Gasteiger partial charge in [0, 0.05) is 19.6 Å². The van der Waals surface area contributed by atoms with Gasteiger partial charge in [-0.25, -0.2) is 21.1 Å². The number of nitrogens with zero attached hydrogens (tertiary/aromatic N) is 2. The Morgan fingerprint density at radius 3 is 2.55 bits per heavy atom. The third-order valence-electron chi connectivity index (χ3n) is 4.38. The van der Waals surface area contributed by atoms with Gasteiger partial charge in [0.1, 0.15) is 0 Å². The molecule has 1 aromatic rings. The molecular formula is C14H20N2O4S2. The molecule has 1 atom stereocenters. The van der Waals surface area contributed by atoms with E-state index in [0.717, 1.165) is 17.5 Å². The lowest BCUT2D eigenvalue weighted by Gasteiger charge is -2.33. The van der Waals surface area contributed by atoms with Crippen LogP contribution in [0.3, 0.4) is 0 Å². The van der Waals surface area contributed by atoms with E-state index in [1.165, 1.54) is 8.61 Å². The SMILES string of the molecule is CS(=O)(=O)N1CCC[C@@H](S(=O)(=O)N2CCc3ccccc32)C1. The summed E-state index contributed by atoms with van der Waals surface area (Å²) in [6.07, 6.45) is 2.92. The Bertz CT molecular complexity index is 774. The number of anilines is 1. The molecule has 1 saturated heterocycles. The first-order chi connectivity index (χ1) is 10.3. The fourth-order valence-electron chi connectivity index (χ4n) is 3.20. The molecule has 22 heavy (non-hydrogen) atoms. The molecule has 6 nitrogen and oxygen atoms in total. The van der Waals surface area contributed by atoms with E-state index in [2.05, 4.69) is 0 Å². The molecule has 0 aromatic heterocycles. The Hall–Kier alpha value is -1.12. The van der Waals surface area contributed by atoms with Gasteiger partial charge in [0.2, 0.25) is 20.0 Å². The lowest BCUT2D eigenvalue weighted by Crippen LogP contribution is -2.49. The topological polar surface area (TPSA) is 74.8 Å². The van der Waals surface area contributed by atoms with E-state index in [4.69, 9.17) is 0 Å². The van der Waals surface area contributed by atoms with Crippen LogP contribution < -0.4 is 4.31 Å². The quantitative estimate of drug-likeness (QED) is 0.813. The third-order valence-corrected chi connectivity index (χ3v) is 7.87. The minimum absolute atomic E-state index is 0.0554. The maximum atomic E-state index is 12.9. The van der Waals surface area contributed by atoms with Crippen molar-refractivity contribution in [1.29, 1.82) is 0 Å². The summed E-state index contributed by atoms with van der Waals surface area (Å²) in [5, 5.41) is -0.665. The molecule has 122 valence electrons. The molecule has 0 N–H and O–H groups in total. The highest BCUT2D eigenvalue weighted by molar-refractivity contribution is 7.93. The van der Waals surface area contributed by atoms with Crippen molar-refractivity contribution in [2.24, 2.45) is 0 Å². The van der Waals surface area contributed by atoms with E-state index in [9.17, 15) is 16.8 Å². The Balaban J connectivity index is 1.88. The maximum absolute atomic E-state index is 12.9. The number of hydrogen-bond donors (Lipinski definition) is 0. The highest BCUT2D eigenvalue weighted by Gasteiger charge is 2.39. The van der Waals surface area contributed by atoms with Gasteiger partial charge < -0.3 is 0 Å². The standard InChI is InChI=1S/C14H20N2O4S2/c1-21(17,18)15-9-4-6-13(11-15)22(19,20)16-10-8-12-5-2-3-7-14(12)16/h2-3,5,7,13H,4,6,8-11H2,1H3/t13-/m1/s1. The van der Waals surface area contributed by atoms with Gasteiger partial charge in [0.15, 0.2) is 0 Å². The average Bonchev–Trinajstić information content (AvgIpc) is 2.91. The predicted octanol–water partition coefficient (Wildman–Crippen LogP) is 0.803. The van der Waals surface area contributed by atoms with Gasteiger partial charge in [0.25, 0.3) is 0 Å². The molecule has 1 fully saturated rings. The van der Waals surface area contributed by atoms with Gasteiger partial charge in [0.05, 0.1) is 17.2 Å².